The van der Waals surface area contributed by atoms with E-state index in [2.05, 4.69) is 28.2 Å². The van der Waals surface area contributed by atoms with Crippen molar-refractivity contribution in [2.75, 3.05) is 6.54 Å². The molecule has 0 aromatic heterocycles. The summed E-state index contributed by atoms with van der Waals surface area (Å²) in [5, 5.41) is 14.3. The van der Waals surface area contributed by atoms with Gasteiger partial charge in [-0.3, -0.25) is 10.1 Å². The Hall–Kier alpha value is -1.21. The van der Waals surface area contributed by atoms with Gasteiger partial charge >= 0.3 is 5.69 Å². The van der Waals surface area contributed by atoms with Gasteiger partial charge in [-0.05, 0) is 47.8 Å². The summed E-state index contributed by atoms with van der Waals surface area (Å²) in [6.45, 7) is 3.05. The lowest BCUT2D eigenvalue weighted by molar-refractivity contribution is -0.386. The Kier molecular flexibility index (Phi) is 4.93. The predicted octanol–water partition coefficient (Wildman–Crippen LogP) is 3.41. The van der Waals surface area contributed by atoms with E-state index < -0.39 is 10.7 Å². The molecule has 1 N–H and O–H groups in total. The van der Waals surface area contributed by atoms with Crippen molar-refractivity contribution in [1.82, 2.24) is 5.32 Å². The van der Waals surface area contributed by atoms with Gasteiger partial charge in [0.2, 0.25) is 5.75 Å². The van der Waals surface area contributed by atoms with Gasteiger partial charge in [-0.15, -0.1) is 0 Å². The highest BCUT2D eigenvalue weighted by atomic mass is 79.9. The second kappa shape index (κ2) is 6.49. The summed E-state index contributed by atoms with van der Waals surface area (Å²) in [5.74, 6) is -0.553. The molecular weight excluding hydrogens is 331 g/mol. The topological polar surface area (TPSA) is 64.4 Å². The van der Waals surface area contributed by atoms with Crippen molar-refractivity contribution >= 4 is 21.6 Å². The zero-order valence-electron chi connectivity index (χ0n) is 11.1. The fourth-order valence-electron chi connectivity index (χ4n) is 2.14. The fourth-order valence-corrected chi connectivity index (χ4v) is 2.66. The molecule has 5 nitrogen and oxygen atoms in total. The smallest absolute Gasteiger partial charge is 0.315 e. The molecule has 0 bridgehead atoms. The predicted molar refractivity (Wildman–Crippen MR) is 76.5 cm³/mol. The van der Waals surface area contributed by atoms with Gasteiger partial charge in [0.15, 0.2) is 0 Å². The van der Waals surface area contributed by atoms with Crippen LogP contribution in [0.15, 0.2) is 16.6 Å². The molecule has 0 radical (unpaired) electrons. The van der Waals surface area contributed by atoms with Gasteiger partial charge in [0, 0.05) is 6.04 Å². The average molecular weight is 347 g/mol. The monoisotopic (exact) mass is 346 g/mol. The van der Waals surface area contributed by atoms with Crippen molar-refractivity contribution < 1.29 is 14.1 Å². The molecule has 0 spiro atoms. The maximum Gasteiger partial charge on any atom is 0.315 e. The van der Waals surface area contributed by atoms with Crippen molar-refractivity contribution in [3.05, 3.63) is 32.5 Å². The number of nitrogens with zero attached hydrogens (tertiary/aromatic N) is 1. The Morgan fingerprint density at radius 2 is 2.25 bits per heavy atom. The quantitative estimate of drug-likeness (QED) is 0.633. The number of nitro groups is 1. The van der Waals surface area contributed by atoms with Crippen LogP contribution in [0.25, 0.3) is 0 Å². The van der Waals surface area contributed by atoms with Crippen molar-refractivity contribution in [2.24, 2.45) is 0 Å². The van der Waals surface area contributed by atoms with Crippen LogP contribution in [0.4, 0.5) is 10.1 Å². The van der Waals surface area contributed by atoms with Crippen LogP contribution in [-0.4, -0.2) is 23.6 Å². The van der Waals surface area contributed by atoms with E-state index in [1.807, 2.05) is 0 Å². The van der Waals surface area contributed by atoms with E-state index >= 15 is 0 Å². The number of nitrogens with one attached hydrogen (secondary N) is 1. The minimum Gasteiger partial charge on any atom is -0.483 e. The number of hydrogen-bond acceptors (Lipinski definition) is 4. The summed E-state index contributed by atoms with van der Waals surface area (Å²) in [7, 11) is 0. The van der Waals surface area contributed by atoms with E-state index in [1.54, 1.807) is 0 Å². The molecule has 0 aliphatic heterocycles. The second-order valence-corrected chi connectivity index (χ2v) is 5.71. The van der Waals surface area contributed by atoms with Crippen molar-refractivity contribution in [2.45, 2.75) is 38.3 Å². The van der Waals surface area contributed by atoms with Gasteiger partial charge in [0.05, 0.1) is 15.5 Å². The van der Waals surface area contributed by atoms with Crippen molar-refractivity contribution in [3.8, 4) is 5.75 Å². The van der Waals surface area contributed by atoms with Gasteiger partial charge in [0.1, 0.15) is 11.9 Å². The van der Waals surface area contributed by atoms with E-state index in [4.69, 9.17) is 4.74 Å². The standard InChI is InChI=1S/C13H16BrFN2O3/c1-2-3-16-9-6-10(7-9)20-13-11(14)4-8(15)5-12(13)17(18)19/h4-5,9-10,16H,2-3,6-7H2,1H3. The largest absolute Gasteiger partial charge is 0.483 e. The van der Waals surface area contributed by atoms with Crippen LogP contribution in [0.3, 0.4) is 0 Å². The van der Waals surface area contributed by atoms with Crippen LogP contribution >= 0.6 is 15.9 Å². The van der Waals surface area contributed by atoms with Gasteiger partial charge in [-0.2, -0.15) is 0 Å². The molecule has 1 fully saturated rings. The van der Waals surface area contributed by atoms with E-state index in [-0.39, 0.29) is 22.0 Å². The summed E-state index contributed by atoms with van der Waals surface area (Å²) >= 11 is 3.12. The number of benzene rings is 1. The second-order valence-electron chi connectivity index (χ2n) is 4.86. The Bertz CT molecular complexity index is 507. The molecule has 0 heterocycles. The third kappa shape index (κ3) is 3.46. The lowest BCUT2D eigenvalue weighted by Crippen LogP contribution is -2.47. The van der Waals surface area contributed by atoms with E-state index in [9.17, 15) is 14.5 Å². The van der Waals surface area contributed by atoms with Crippen molar-refractivity contribution in [3.63, 3.8) is 0 Å². The Labute approximate surface area is 124 Å². The van der Waals surface area contributed by atoms with Crippen LogP contribution in [0.1, 0.15) is 26.2 Å². The zero-order chi connectivity index (χ0) is 14.7. The summed E-state index contributed by atoms with van der Waals surface area (Å²) in [5.41, 5.74) is -0.346. The molecule has 1 aromatic carbocycles. The highest BCUT2D eigenvalue weighted by Crippen LogP contribution is 2.39. The third-order valence-electron chi connectivity index (χ3n) is 3.25. The van der Waals surface area contributed by atoms with Crippen LogP contribution in [0.2, 0.25) is 0 Å². The summed E-state index contributed by atoms with van der Waals surface area (Å²) < 4.78 is 19.1. The first-order valence-electron chi connectivity index (χ1n) is 6.54. The maximum absolute atomic E-state index is 13.2. The molecule has 2 rings (SSSR count). The minimum atomic E-state index is -0.660. The van der Waals surface area contributed by atoms with E-state index in [0.29, 0.717) is 6.04 Å². The molecule has 0 atom stereocenters. The molecule has 110 valence electrons. The molecule has 0 unspecified atom stereocenters. The van der Waals surface area contributed by atoms with Crippen LogP contribution < -0.4 is 10.1 Å². The summed E-state index contributed by atoms with van der Waals surface area (Å²) in [6, 6.07) is 2.46. The molecule has 0 saturated heterocycles. The normalized spacial score (nSPS) is 21.4. The summed E-state index contributed by atoms with van der Waals surface area (Å²) in [6.07, 6.45) is 2.61. The Morgan fingerprint density at radius 1 is 1.55 bits per heavy atom. The lowest BCUT2D eigenvalue weighted by atomic mass is 9.89. The number of ether oxygens (including phenoxy) is 1. The number of rotatable bonds is 6. The van der Waals surface area contributed by atoms with Crippen LogP contribution in [0, 0.1) is 15.9 Å². The van der Waals surface area contributed by atoms with Gasteiger partial charge in [-0.25, -0.2) is 4.39 Å². The Balaban J connectivity index is 2.02. The SMILES string of the molecule is CCCNC1CC(Oc2c(Br)cc(F)cc2[N+](=O)[O-])C1. The maximum atomic E-state index is 13.2. The third-order valence-corrected chi connectivity index (χ3v) is 3.84. The van der Waals surface area contributed by atoms with Crippen LogP contribution in [0.5, 0.6) is 5.75 Å². The van der Waals surface area contributed by atoms with Crippen LogP contribution in [-0.2, 0) is 0 Å². The zero-order valence-corrected chi connectivity index (χ0v) is 12.7. The molecule has 20 heavy (non-hydrogen) atoms. The molecule has 7 heteroatoms. The number of nitro benzene ring substituents is 1. The first-order valence-corrected chi connectivity index (χ1v) is 7.34. The lowest BCUT2D eigenvalue weighted by Gasteiger charge is -2.36. The summed E-state index contributed by atoms with van der Waals surface area (Å²) in [4.78, 5) is 10.3. The average Bonchev–Trinajstić information content (AvgIpc) is 2.33. The highest BCUT2D eigenvalue weighted by Gasteiger charge is 2.33. The molecule has 0 amide bonds. The van der Waals surface area contributed by atoms with Crippen molar-refractivity contribution in [1.29, 1.82) is 0 Å². The number of halogens is 2. The molecular formula is C13H16BrFN2O3. The highest BCUT2D eigenvalue weighted by molar-refractivity contribution is 9.10. The molecule has 1 aliphatic carbocycles. The minimum absolute atomic E-state index is 0.0650. The Morgan fingerprint density at radius 3 is 2.85 bits per heavy atom. The first-order chi connectivity index (χ1) is 9.51. The first kappa shape index (κ1) is 15.2. The molecule has 1 saturated carbocycles. The number of hydrogen-bond donors (Lipinski definition) is 1. The molecule has 1 aliphatic rings. The molecule has 1 aromatic rings. The van der Waals surface area contributed by atoms with Gasteiger partial charge in [0.25, 0.3) is 0 Å². The van der Waals surface area contributed by atoms with Gasteiger partial charge < -0.3 is 10.1 Å². The van der Waals surface area contributed by atoms with E-state index in [0.717, 1.165) is 31.9 Å². The fraction of sp³-hybridized carbons (Fsp3) is 0.538. The van der Waals surface area contributed by atoms with E-state index in [1.165, 1.54) is 6.07 Å². The van der Waals surface area contributed by atoms with Gasteiger partial charge in [-0.1, -0.05) is 6.92 Å².